The molecule has 8 heteroatoms. The van der Waals surface area contributed by atoms with Crippen molar-refractivity contribution in [1.82, 2.24) is 25.2 Å². The second kappa shape index (κ2) is 9.29. The van der Waals surface area contributed by atoms with E-state index in [-0.39, 0.29) is 11.8 Å². The van der Waals surface area contributed by atoms with Crippen molar-refractivity contribution in [3.05, 3.63) is 64.4 Å². The van der Waals surface area contributed by atoms with Crippen molar-refractivity contribution in [1.29, 1.82) is 0 Å². The van der Waals surface area contributed by atoms with Gasteiger partial charge in [0.25, 0.3) is 5.91 Å². The number of aryl methyl sites for hydroxylation is 2. The maximum Gasteiger partial charge on any atom is 0.278 e. The van der Waals surface area contributed by atoms with Gasteiger partial charge >= 0.3 is 0 Å². The number of benzene rings is 1. The molecule has 4 heterocycles. The van der Waals surface area contributed by atoms with Gasteiger partial charge in [0.15, 0.2) is 5.69 Å². The quantitative estimate of drug-likeness (QED) is 0.593. The summed E-state index contributed by atoms with van der Waals surface area (Å²) in [5, 5.41) is 7.55. The number of fused-ring (bicyclic) bond motifs is 1. The Hall–Kier alpha value is -3.29. The molecule has 1 amide bonds. The van der Waals surface area contributed by atoms with Gasteiger partial charge in [0.05, 0.1) is 0 Å². The first-order valence-electron chi connectivity index (χ1n) is 11.8. The van der Waals surface area contributed by atoms with Gasteiger partial charge in [-0.1, -0.05) is 35.5 Å². The maximum absolute atomic E-state index is 12.9. The third-order valence-corrected chi connectivity index (χ3v) is 6.81. The van der Waals surface area contributed by atoms with Gasteiger partial charge < -0.3 is 9.80 Å². The molecule has 0 saturated carbocycles. The number of carbonyl (C=O) groups excluding carboxylic acids is 1. The highest BCUT2D eigenvalue weighted by Gasteiger charge is 2.31. The summed E-state index contributed by atoms with van der Waals surface area (Å²) in [6.07, 6.45) is 5.04. The van der Waals surface area contributed by atoms with E-state index >= 15 is 0 Å². The lowest BCUT2D eigenvalue weighted by Crippen LogP contribution is -2.40. The number of likely N-dealkylation sites (tertiary alicyclic amines) is 1. The molecule has 1 unspecified atom stereocenters. The largest absolute Gasteiger partial charge is 0.356 e. The Balaban J connectivity index is 1.36. The Morgan fingerprint density at radius 1 is 1.06 bits per heavy atom. The molecule has 0 bridgehead atoms. The van der Waals surface area contributed by atoms with E-state index in [4.69, 9.17) is 14.6 Å². The molecule has 33 heavy (non-hydrogen) atoms. The summed E-state index contributed by atoms with van der Waals surface area (Å²) >= 11 is 0. The molecular formula is C25H30N6O2. The zero-order valence-corrected chi connectivity index (χ0v) is 19.3. The fourth-order valence-corrected chi connectivity index (χ4v) is 4.97. The second-order valence-electron chi connectivity index (χ2n) is 9.08. The Morgan fingerprint density at radius 3 is 2.70 bits per heavy atom. The Labute approximate surface area is 194 Å². The SMILES string of the molecule is Cc1nonc1C(=O)N1CCCC(c2nc(C)c3c(n2)N(CCc2ccccc2)CCC3)C1. The van der Waals surface area contributed by atoms with Crippen LogP contribution in [0.25, 0.3) is 0 Å². The third-order valence-electron chi connectivity index (χ3n) is 6.81. The lowest BCUT2D eigenvalue weighted by atomic mass is 9.95. The van der Waals surface area contributed by atoms with Gasteiger partial charge in [-0.3, -0.25) is 4.79 Å². The topological polar surface area (TPSA) is 88.2 Å². The van der Waals surface area contributed by atoms with E-state index < -0.39 is 0 Å². The summed E-state index contributed by atoms with van der Waals surface area (Å²) in [5.41, 5.74) is 4.50. The van der Waals surface area contributed by atoms with Gasteiger partial charge in [-0.25, -0.2) is 14.6 Å². The average molecular weight is 447 g/mol. The summed E-state index contributed by atoms with van der Waals surface area (Å²) in [7, 11) is 0. The molecule has 0 radical (unpaired) electrons. The molecule has 2 aliphatic heterocycles. The Bertz CT molecular complexity index is 1130. The van der Waals surface area contributed by atoms with Crippen LogP contribution in [0.4, 0.5) is 5.82 Å². The number of hydrogen-bond donors (Lipinski definition) is 0. The molecule has 1 atom stereocenters. The van der Waals surface area contributed by atoms with Crippen LogP contribution in [0.5, 0.6) is 0 Å². The molecule has 0 N–H and O–H groups in total. The van der Waals surface area contributed by atoms with Crippen LogP contribution in [-0.2, 0) is 12.8 Å². The minimum Gasteiger partial charge on any atom is -0.356 e. The first-order chi connectivity index (χ1) is 16.1. The van der Waals surface area contributed by atoms with E-state index in [2.05, 4.69) is 52.5 Å². The zero-order chi connectivity index (χ0) is 22.8. The number of hydrogen-bond acceptors (Lipinski definition) is 7. The maximum atomic E-state index is 12.9. The van der Waals surface area contributed by atoms with Gasteiger partial charge in [-0.2, -0.15) is 0 Å². The molecule has 1 aromatic carbocycles. The summed E-state index contributed by atoms with van der Waals surface area (Å²) in [6, 6.07) is 10.6. The van der Waals surface area contributed by atoms with Crippen LogP contribution < -0.4 is 4.90 Å². The van der Waals surface area contributed by atoms with Crippen molar-refractivity contribution in [2.75, 3.05) is 31.1 Å². The van der Waals surface area contributed by atoms with E-state index in [9.17, 15) is 4.79 Å². The zero-order valence-electron chi connectivity index (χ0n) is 19.3. The monoisotopic (exact) mass is 446 g/mol. The number of piperidine rings is 1. The first kappa shape index (κ1) is 21.6. The molecule has 5 rings (SSSR count). The highest BCUT2D eigenvalue weighted by Crippen LogP contribution is 2.32. The highest BCUT2D eigenvalue weighted by atomic mass is 16.6. The Kier molecular flexibility index (Phi) is 6.07. The number of rotatable bonds is 5. The molecule has 1 fully saturated rings. The lowest BCUT2D eigenvalue weighted by molar-refractivity contribution is 0.0692. The van der Waals surface area contributed by atoms with Crippen molar-refractivity contribution in [3.8, 4) is 0 Å². The minimum atomic E-state index is -0.127. The molecule has 0 spiro atoms. The number of nitrogens with zero attached hydrogens (tertiary/aromatic N) is 6. The molecular weight excluding hydrogens is 416 g/mol. The van der Waals surface area contributed by atoms with Crippen LogP contribution in [-0.4, -0.2) is 57.3 Å². The van der Waals surface area contributed by atoms with Gasteiger partial charge in [0.1, 0.15) is 17.3 Å². The molecule has 3 aromatic rings. The van der Waals surface area contributed by atoms with E-state index in [0.29, 0.717) is 24.5 Å². The normalized spacial score (nSPS) is 18.3. The number of carbonyl (C=O) groups is 1. The van der Waals surface area contributed by atoms with Crippen molar-refractivity contribution in [3.63, 3.8) is 0 Å². The third kappa shape index (κ3) is 4.47. The van der Waals surface area contributed by atoms with E-state index in [1.54, 1.807) is 6.92 Å². The summed E-state index contributed by atoms with van der Waals surface area (Å²) in [6.45, 7) is 7.10. The number of anilines is 1. The predicted octanol–water partition coefficient (Wildman–Crippen LogP) is 3.49. The summed E-state index contributed by atoms with van der Waals surface area (Å²) in [4.78, 5) is 27.2. The summed E-state index contributed by atoms with van der Waals surface area (Å²) in [5.74, 6) is 1.92. The van der Waals surface area contributed by atoms with Crippen LogP contribution in [0.15, 0.2) is 35.0 Å². The van der Waals surface area contributed by atoms with Crippen LogP contribution in [0.1, 0.15) is 64.0 Å². The number of amides is 1. The number of aromatic nitrogens is 4. The second-order valence-corrected chi connectivity index (χ2v) is 9.08. The summed E-state index contributed by atoms with van der Waals surface area (Å²) < 4.78 is 4.74. The van der Waals surface area contributed by atoms with Crippen molar-refractivity contribution in [2.24, 2.45) is 0 Å². The average Bonchev–Trinajstić information content (AvgIpc) is 3.28. The Morgan fingerprint density at radius 2 is 1.91 bits per heavy atom. The molecule has 1 saturated heterocycles. The van der Waals surface area contributed by atoms with Gasteiger partial charge in [-0.15, -0.1) is 0 Å². The predicted molar refractivity (Wildman–Crippen MR) is 124 cm³/mol. The van der Waals surface area contributed by atoms with Gasteiger partial charge in [-0.05, 0) is 56.7 Å². The van der Waals surface area contributed by atoms with E-state index in [1.807, 2.05) is 4.90 Å². The van der Waals surface area contributed by atoms with Crippen LogP contribution in [0.2, 0.25) is 0 Å². The van der Waals surface area contributed by atoms with Gasteiger partial charge in [0, 0.05) is 43.4 Å². The smallest absolute Gasteiger partial charge is 0.278 e. The van der Waals surface area contributed by atoms with E-state index in [0.717, 1.165) is 62.5 Å². The van der Waals surface area contributed by atoms with Crippen molar-refractivity contribution >= 4 is 11.7 Å². The van der Waals surface area contributed by atoms with Crippen molar-refractivity contribution < 1.29 is 9.42 Å². The highest BCUT2D eigenvalue weighted by molar-refractivity contribution is 5.93. The minimum absolute atomic E-state index is 0.116. The fraction of sp³-hybridized carbons (Fsp3) is 0.480. The molecule has 2 aromatic heterocycles. The lowest BCUT2D eigenvalue weighted by Gasteiger charge is -2.34. The van der Waals surface area contributed by atoms with Crippen LogP contribution >= 0.6 is 0 Å². The molecule has 0 aliphatic carbocycles. The van der Waals surface area contributed by atoms with Gasteiger partial charge in [0.2, 0.25) is 0 Å². The first-order valence-corrected chi connectivity index (χ1v) is 11.8. The molecule has 2 aliphatic rings. The van der Waals surface area contributed by atoms with E-state index in [1.165, 1.54) is 11.1 Å². The fourth-order valence-electron chi connectivity index (χ4n) is 4.97. The molecule has 172 valence electrons. The standard InChI is InChI=1S/C25H30N6O2/c1-17-21-11-7-13-30(15-12-19-8-4-3-5-9-19)24(21)27-23(26-17)20-10-6-14-31(16-20)25(32)22-18(2)28-33-29-22/h3-5,8-9,20H,6-7,10-16H2,1-2H3. The molecule has 8 nitrogen and oxygen atoms in total. The van der Waals surface area contributed by atoms with Crippen molar-refractivity contribution in [2.45, 2.75) is 51.9 Å². The van der Waals surface area contributed by atoms with Crippen LogP contribution in [0, 0.1) is 13.8 Å². The van der Waals surface area contributed by atoms with Crippen LogP contribution in [0.3, 0.4) is 0 Å².